The minimum atomic E-state index is -4.46. The number of hydrogen-bond acceptors (Lipinski definition) is 3. The van der Waals surface area contributed by atoms with E-state index in [1.165, 1.54) is 12.4 Å². The molecule has 0 spiro atoms. The highest BCUT2D eigenvalue weighted by Crippen LogP contribution is 2.35. The number of alkyl halides is 3. The van der Waals surface area contributed by atoms with Gasteiger partial charge in [0.15, 0.2) is 0 Å². The molecule has 0 aliphatic rings. The number of nitrogens with zero attached hydrogens (tertiary/aromatic N) is 2. The van der Waals surface area contributed by atoms with E-state index >= 15 is 0 Å². The van der Waals surface area contributed by atoms with Crippen LogP contribution in [0, 0.1) is 0 Å². The molecule has 0 radical (unpaired) electrons. The Hall–Kier alpha value is -2.05. The molecule has 0 saturated carbocycles. The summed E-state index contributed by atoms with van der Waals surface area (Å²) < 4.78 is 38.0. The summed E-state index contributed by atoms with van der Waals surface area (Å²) in [6.45, 7) is 0. The van der Waals surface area contributed by atoms with Gasteiger partial charge in [-0.05, 0) is 12.1 Å². The Balaban J connectivity index is 2.63. The van der Waals surface area contributed by atoms with E-state index in [9.17, 15) is 13.2 Å². The summed E-state index contributed by atoms with van der Waals surface area (Å²) in [5, 5.41) is 6.01. The molecule has 2 aromatic heterocycles. The minimum absolute atomic E-state index is 0.0317. The van der Waals surface area contributed by atoms with Crippen LogP contribution in [0.15, 0.2) is 24.5 Å². The van der Waals surface area contributed by atoms with Gasteiger partial charge in [0, 0.05) is 11.8 Å². The van der Waals surface area contributed by atoms with Crippen LogP contribution >= 0.6 is 0 Å². The number of rotatable bonds is 1. The first-order valence-electron chi connectivity index (χ1n) is 4.31. The average molecular weight is 228 g/mol. The second-order valence-electron chi connectivity index (χ2n) is 3.12. The maximum atomic E-state index is 12.7. The number of aromatic amines is 1. The number of halogens is 3. The summed E-state index contributed by atoms with van der Waals surface area (Å²) in [7, 11) is 0. The van der Waals surface area contributed by atoms with Crippen molar-refractivity contribution in [1.82, 2.24) is 15.2 Å². The summed E-state index contributed by atoms with van der Waals surface area (Å²) in [6.07, 6.45) is -1.87. The van der Waals surface area contributed by atoms with Gasteiger partial charge in [-0.1, -0.05) is 0 Å². The quantitative estimate of drug-likeness (QED) is 0.785. The van der Waals surface area contributed by atoms with Gasteiger partial charge in [0.05, 0.1) is 17.5 Å². The lowest BCUT2D eigenvalue weighted by Gasteiger charge is -2.10. The van der Waals surface area contributed by atoms with Crippen LogP contribution in [0.4, 0.5) is 19.0 Å². The fourth-order valence-corrected chi connectivity index (χ4v) is 1.30. The molecule has 0 unspecified atom stereocenters. The van der Waals surface area contributed by atoms with Crippen LogP contribution in [-0.2, 0) is 6.18 Å². The van der Waals surface area contributed by atoms with E-state index in [1.54, 1.807) is 0 Å². The summed E-state index contributed by atoms with van der Waals surface area (Å²) in [4.78, 5) is 3.68. The van der Waals surface area contributed by atoms with Gasteiger partial charge < -0.3 is 5.73 Å². The molecule has 84 valence electrons. The normalized spacial score (nSPS) is 11.7. The number of nitrogens with two attached hydrogens (primary N) is 1. The van der Waals surface area contributed by atoms with Gasteiger partial charge in [0.2, 0.25) is 0 Å². The molecule has 2 rings (SSSR count). The molecule has 0 bridgehead atoms. The second-order valence-corrected chi connectivity index (χ2v) is 3.12. The number of nitrogen functional groups attached to an aromatic ring is 1. The maximum Gasteiger partial charge on any atom is 0.418 e. The maximum absolute atomic E-state index is 12.7. The van der Waals surface area contributed by atoms with E-state index in [1.807, 2.05) is 0 Å². The van der Waals surface area contributed by atoms with Crippen molar-refractivity contribution < 1.29 is 13.2 Å². The number of H-pyrrole nitrogens is 1. The number of anilines is 1. The average Bonchev–Trinajstić information content (AvgIpc) is 2.68. The molecule has 0 amide bonds. The van der Waals surface area contributed by atoms with E-state index in [-0.39, 0.29) is 17.1 Å². The van der Waals surface area contributed by atoms with Gasteiger partial charge >= 0.3 is 6.18 Å². The number of hydrogen-bond donors (Lipinski definition) is 2. The van der Waals surface area contributed by atoms with Gasteiger partial charge in [-0.25, -0.2) is 4.98 Å². The zero-order valence-corrected chi connectivity index (χ0v) is 7.92. The Morgan fingerprint density at radius 1 is 1.25 bits per heavy atom. The van der Waals surface area contributed by atoms with Gasteiger partial charge in [-0.2, -0.15) is 18.3 Å². The Labute approximate surface area is 88.3 Å². The molecule has 3 N–H and O–H groups in total. The summed E-state index contributed by atoms with van der Waals surface area (Å²) in [6, 6.07) is 2.02. The predicted octanol–water partition coefficient (Wildman–Crippen LogP) is 2.07. The summed E-state index contributed by atoms with van der Waals surface area (Å²) >= 11 is 0. The van der Waals surface area contributed by atoms with Crippen molar-refractivity contribution in [3.05, 3.63) is 30.1 Å². The lowest BCUT2D eigenvalue weighted by atomic mass is 10.1. The fourth-order valence-electron chi connectivity index (χ4n) is 1.30. The van der Waals surface area contributed by atoms with Crippen molar-refractivity contribution in [3.63, 3.8) is 0 Å². The van der Waals surface area contributed by atoms with E-state index in [0.29, 0.717) is 0 Å². The van der Waals surface area contributed by atoms with Gasteiger partial charge in [-0.15, -0.1) is 0 Å². The van der Waals surface area contributed by atoms with Gasteiger partial charge in [0.1, 0.15) is 5.82 Å². The lowest BCUT2D eigenvalue weighted by molar-refractivity contribution is -0.137. The number of aromatic nitrogens is 3. The molecular formula is C9H7F3N4. The van der Waals surface area contributed by atoms with Crippen LogP contribution in [0.5, 0.6) is 0 Å². The zero-order chi connectivity index (χ0) is 11.8. The van der Waals surface area contributed by atoms with Crippen molar-refractivity contribution in [2.24, 2.45) is 0 Å². The van der Waals surface area contributed by atoms with Crippen LogP contribution in [0.25, 0.3) is 11.3 Å². The molecule has 0 saturated heterocycles. The van der Waals surface area contributed by atoms with Crippen molar-refractivity contribution in [1.29, 1.82) is 0 Å². The molecule has 0 fully saturated rings. The first kappa shape index (κ1) is 10.5. The SMILES string of the molecule is Nc1ccc(C(F)(F)F)c(-c2cn[nH]c2)n1. The topological polar surface area (TPSA) is 67.6 Å². The first-order valence-corrected chi connectivity index (χ1v) is 4.31. The van der Waals surface area contributed by atoms with Crippen LogP contribution in [-0.4, -0.2) is 15.2 Å². The van der Waals surface area contributed by atoms with E-state index in [0.717, 1.165) is 12.1 Å². The molecule has 4 nitrogen and oxygen atoms in total. The highest BCUT2D eigenvalue weighted by Gasteiger charge is 2.34. The van der Waals surface area contributed by atoms with Crippen molar-refractivity contribution in [3.8, 4) is 11.3 Å². The Morgan fingerprint density at radius 2 is 2.00 bits per heavy atom. The minimum Gasteiger partial charge on any atom is -0.384 e. The van der Waals surface area contributed by atoms with E-state index in [4.69, 9.17) is 5.73 Å². The molecule has 7 heteroatoms. The number of nitrogens with one attached hydrogen (secondary N) is 1. The van der Waals surface area contributed by atoms with Crippen molar-refractivity contribution in [2.75, 3.05) is 5.73 Å². The van der Waals surface area contributed by atoms with Crippen molar-refractivity contribution >= 4 is 5.82 Å². The third kappa shape index (κ3) is 1.83. The summed E-state index contributed by atoms with van der Waals surface area (Å²) in [5.41, 5.74) is 4.57. The standard InChI is InChI=1S/C9H7F3N4/c10-9(11,12)6-1-2-7(13)16-8(6)5-3-14-15-4-5/h1-4H,(H2,13,16)(H,14,15). The van der Waals surface area contributed by atoms with Crippen LogP contribution in [0.3, 0.4) is 0 Å². The molecule has 16 heavy (non-hydrogen) atoms. The molecule has 2 heterocycles. The van der Waals surface area contributed by atoms with Crippen LogP contribution in [0.1, 0.15) is 5.56 Å². The van der Waals surface area contributed by atoms with E-state index in [2.05, 4.69) is 15.2 Å². The van der Waals surface area contributed by atoms with Crippen LogP contribution < -0.4 is 5.73 Å². The largest absolute Gasteiger partial charge is 0.418 e. The molecular weight excluding hydrogens is 221 g/mol. The highest BCUT2D eigenvalue weighted by molar-refractivity contribution is 5.64. The molecule has 0 aliphatic carbocycles. The monoisotopic (exact) mass is 228 g/mol. The number of pyridine rings is 1. The molecule has 0 aliphatic heterocycles. The Morgan fingerprint density at radius 3 is 2.56 bits per heavy atom. The van der Waals surface area contributed by atoms with E-state index < -0.39 is 11.7 Å². The summed E-state index contributed by atoms with van der Waals surface area (Å²) in [5.74, 6) is 0.0317. The fraction of sp³-hybridized carbons (Fsp3) is 0.111. The Bertz CT molecular complexity index is 490. The van der Waals surface area contributed by atoms with Crippen LogP contribution in [0.2, 0.25) is 0 Å². The first-order chi connectivity index (χ1) is 7.48. The lowest BCUT2D eigenvalue weighted by Crippen LogP contribution is -2.09. The predicted molar refractivity (Wildman–Crippen MR) is 51.2 cm³/mol. The molecule has 0 atom stereocenters. The molecule has 0 aromatic carbocycles. The van der Waals surface area contributed by atoms with Gasteiger partial charge in [-0.3, -0.25) is 5.10 Å². The third-order valence-electron chi connectivity index (χ3n) is 1.99. The van der Waals surface area contributed by atoms with Crippen molar-refractivity contribution in [2.45, 2.75) is 6.18 Å². The zero-order valence-electron chi connectivity index (χ0n) is 7.92. The smallest absolute Gasteiger partial charge is 0.384 e. The van der Waals surface area contributed by atoms with Gasteiger partial charge in [0.25, 0.3) is 0 Å². The Kier molecular flexibility index (Phi) is 2.30. The third-order valence-corrected chi connectivity index (χ3v) is 1.99. The molecule has 2 aromatic rings. The highest BCUT2D eigenvalue weighted by atomic mass is 19.4. The second kappa shape index (κ2) is 3.51.